The largest absolute Gasteiger partial charge is 0.357 e. The Morgan fingerprint density at radius 1 is 1.04 bits per heavy atom. The van der Waals surface area contributed by atoms with E-state index in [1.807, 2.05) is 12.3 Å². The molecular formula is C24H23N3S. The predicted octanol–water partition coefficient (Wildman–Crippen LogP) is 5.43. The van der Waals surface area contributed by atoms with Gasteiger partial charge in [-0.05, 0) is 54.1 Å². The number of hydrogen-bond acceptors (Lipinski definition) is 3. The molecule has 4 aromatic rings. The van der Waals surface area contributed by atoms with Crippen LogP contribution >= 0.6 is 11.8 Å². The molecule has 1 N–H and O–H groups in total. The number of fused-ring (bicyclic) bond motifs is 3. The lowest BCUT2D eigenvalue weighted by molar-refractivity contribution is 0.199. The first-order chi connectivity index (χ1) is 13.8. The molecule has 1 aliphatic rings. The summed E-state index contributed by atoms with van der Waals surface area (Å²) in [5.41, 5.74) is 6.49. The number of rotatable bonds is 4. The highest BCUT2D eigenvalue weighted by molar-refractivity contribution is 7.98. The number of hydrogen-bond donors (Lipinski definition) is 1. The van der Waals surface area contributed by atoms with Gasteiger partial charge in [0.15, 0.2) is 0 Å². The Kier molecular flexibility index (Phi) is 4.67. The zero-order chi connectivity index (χ0) is 18.9. The smallest absolute Gasteiger partial charge is 0.0760 e. The molecular weight excluding hydrogens is 362 g/mol. The predicted molar refractivity (Wildman–Crippen MR) is 117 cm³/mol. The maximum absolute atomic E-state index is 4.57. The summed E-state index contributed by atoms with van der Waals surface area (Å²) in [6.07, 6.45) is 5.07. The summed E-state index contributed by atoms with van der Waals surface area (Å²) < 4.78 is 0. The van der Waals surface area contributed by atoms with Crippen LogP contribution < -0.4 is 0 Å². The van der Waals surface area contributed by atoms with Crippen molar-refractivity contribution in [3.8, 4) is 0 Å². The molecule has 1 aliphatic heterocycles. The van der Waals surface area contributed by atoms with Gasteiger partial charge in [0.1, 0.15) is 0 Å². The van der Waals surface area contributed by atoms with Gasteiger partial charge in [-0.3, -0.25) is 9.88 Å². The highest BCUT2D eigenvalue weighted by Crippen LogP contribution is 2.39. The summed E-state index contributed by atoms with van der Waals surface area (Å²) in [5.74, 6) is 0. The Morgan fingerprint density at radius 3 is 2.64 bits per heavy atom. The molecule has 28 heavy (non-hydrogen) atoms. The van der Waals surface area contributed by atoms with Gasteiger partial charge in [0.2, 0.25) is 0 Å². The lowest BCUT2D eigenvalue weighted by Crippen LogP contribution is -2.35. The summed E-state index contributed by atoms with van der Waals surface area (Å²) in [7, 11) is 0. The first kappa shape index (κ1) is 17.5. The van der Waals surface area contributed by atoms with Gasteiger partial charge >= 0.3 is 0 Å². The van der Waals surface area contributed by atoms with Gasteiger partial charge in [-0.15, -0.1) is 11.8 Å². The van der Waals surface area contributed by atoms with Gasteiger partial charge < -0.3 is 4.98 Å². The maximum atomic E-state index is 4.57. The molecule has 4 heteroatoms. The van der Waals surface area contributed by atoms with Crippen LogP contribution in [0.3, 0.4) is 0 Å². The fourth-order valence-electron chi connectivity index (χ4n) is 4.32. The molecule has 0 fully saturated rings. The van der Waals surface area contributed by atoms with Crippen LogP contribution in [0.4, 0.5) is 0 Å². The summed E-state index contributed by atoms with van der Waals surface area (Å²) >= 11 is 1.79. The van der Waals surface area contributed by atoms with Crippen LogP contribution in [0, 0.1) is 0 Å². The topological polar surface area (TPSA) is 31.9 Å². The summed E-state index contributed by atoms with van der Waals surface area (Å²) in [5, 5.41) is 1.36. The number of aromatic amines is 1. The van der Waals surface area contributed by atoms with Crippen molar-refractivity contribution in [3.05, 3.63) is 95.4 Å². The van der Waals surface area contributed by atoms with E-state index >= 15 is 0 Å². The van der Waals surface area contributed by atoms with E-state index in [-0.39, 0.29) is 6.04 Å². The van der Waals surface area contributed by atoms with Crippen molar-refractivity contribution >= 4 is 22.7 Å². The Morgan fingerprint density at radius 2 is 1.86 bits per heavy atom. The molecule has 0 radical (unpaired) electrons. The van der Waals surface area contributed by atoms with Crippen LogP contribution in [0.15, 0.2) is 77.8 Å². The Balaban J connectivity index is 1.61. The fraction of sp³-hybridized carbons (Fsp3) is 0.208. The standard InChI is InChI=1S/C24H23N3S/c1-28-19-11-9-17(10-12-19)24-23-21(20-7-2-3-8-22(20)26-23)13-15-27(24)16-18-6-4-5-14-25-18/h2-12,14,24,26H,13,15-16H2,1H3. The number of aromatic nitrogens is 2. The van der Waals surface area contributed by atoms with Crippen LogP contribution in [0.1, 0.15) is 28.6 Å². The minimum absolute atomic E-state index is 0.217. The van der Waals surface area contributed by atoms with Gasteiger partial charge in [0, 0.05) is 40.8 Å². The second-order valence-corrected chi connectivity index (χ2v) is 8.16. The van der Waals surface area contributed by atoms with E-state index in [2.05, 4.69) is 81.8 Å². The van der Waals surface area contributed by atoms with Gasteiger partial charge in [-0.25, -0.2) is 0 Å². The third kappa shape index (κ3) is 3.13. The number of thioether (sulfide) groups is 1. The molecule has 5 rings (SSSR count). The van der Waals surface area contributed by atoms with Crippen molar-refractivity contribution in [1.29, 1.82) is 0 Å². The van der Waals surface area contributed by atoms with Gasteiger partial charge in [-0.2, -0.15) is 0 Å². The normalized spacial score (nSPS) is 17.0. The number of benzene rings is 2. The highest BCUT2D eigenvalue weighted by atomic mass is 32.2. The number of nitrogens with one attached hydrogen (secondary N) is 1. The number of para-hydroxylation sites is 1. The van der Waals surface area contributed by atoms with E-state index in [0.717, 1.165) is 25.2 Å². The third-order valence-corrected chi connectivity index (χ3v) is 6.40. The molecule has 0 aliphatic carbocycles. The summed E-state index contributed by atoms with van der Waals surface area (Å²) in [6.45, 7) is 1.88. The molecule has 2 aromatic carbocycles. The van der Waals surface area contributed by atoms with E-state index in [9.17, 15) is 0 Å². The molecule has 1 unspecified atom stereocenters. The average Bonchev–Trinajstić information content (AvgIpc) is 3.13. The third-order valence-electron chi connectivity index (χ3n) is 5.66. The van der Waals surface area contributed by atoms with Crippen molar-refractivity contribution in [2.24, 2.45) is 0 Å². The second-order valence-electron chi connectivity index (χ2n) is 7.28. The molecule has 0 saturated carbocycles. The van der Waals surface area contributed by atoms with E-state index < -0.39 is 0 Å². The molecule has 3 heterocycles. The fourth-order valence-corrected chi connectivity index (χ4v) is 4.73. The Hall–Kier alpha value is -2.56. The van der Waals surface area contributed by atoms with Crippen molar-refractivity contribution in [3.63, 3.8) is 0 Å². The number of pyridine rings is 1. The molecule has 0 amide bonds. The quantitative estimate of drug-likeness (QED) is 0.475. The highest BCUT2D eigenvalue weighted by Gasteiger charge is 2.31. The maximum Gasteiger partial charge on any atom is 0.0760 e. The average molecular weight is 386 g/mol. The van der Waals surface area contributed by atoms with Crippen LogP contribution in [0.25, 0.3) is 10.9 Å². The first-order valence-electron chi connectivity index (χ1n) is 9.71. The summed E-state index contributed by atoms with van der Waals surface area (Å²) in [4.78, 5) is 12.2. The van der Waals surface area contributed by atoms with Crippen LogP contribution in [0.2, 0.25) is 0 Å². The Labute approximate surface area is 169 Å². The molecule has 0 bridgehead atoms. The Bertz CT molecular complexity index is 1090. The molecule has 0 saturated heterocycles. The molecule has 3 nitrogen and oxygen atoms in total. The van der Waals surface area contributed by atoms with Crippen LogP contribution in [0.5, 0.6) is 0 Å². The monoisotopic (exact) mass is 385 g/mol. The van der Waals surface area contributed by atoms with E-state index in [0.29, 0.717) is 0 Å². The lowest BCUT2D eigenvalue weighted by Gasteiger charge is -2.36. The minimum Gasteiger partial charge on any atom is -0.357 e. The summed E-state index contributed by atoms with van der Waals surface area (Å²) in [6, 6.07) is 24.1. The zero-order valence-corrected chi connectivity index (χ0v) is 16.7. The van der Waals surface area contributed by atoms with Crippen molar-refractivity contribution in [1.82, 2.24) is 14.9 Å². The zero-order valence-electron chi connectivity index (χ0n) is 15.9. The van der Waals surface area contributed by atoms with E-state index in [1.54, 1.807) is 11.8 Å². The minimum atomic E-state index is 0.217. The number of H-pyrrole nitrogens is 1. The van der Waals surface area contributed by atoms with Crippen molar-refractivity contribution in [2.75, 3.05) is 12.8 Å². The van der Waals surface area contributed by atoms with E-state index in [4.69, 9.17) is 0 Å². The first-order valence-corrected chi connectivity index (χ1v) is 10.9. The van der Waals surface area contributed by atoms with E-state index in [1.165, 1.54) is 32.6 Å². The van der Waals surface area contributed by atoms with Crippen LogP contribution in [-0.2, 0) is 13.0 Å². The lowest BCUT2D eigenvalue weighted by atomic mass is 9.92. The van der Waals surface area contributed by atoms with Crippen LogP contribution in [-0.4, -0.2) is 27.7 Å². The second kappa shape index (κ2) is 7.46. The van der Waals surface area contributed by atoms with Gasteiger partial charge in [0.25, 0.3) is 0 Å². The molecule has 140 valence electrons. The van der Waals surface area contributed by atoms with Crippen molar-refractivity contribution in [2.45, 2.75) is 23.9 Å². The van der Waals surface area contributed by atoms with Gasteiger partial charge in [0.05, 0.1) is 11.7 Å². The van der Waals surface area contributed by atoms with Crippen molar-refractivity contribution < 1.29 is 0 Å². The number of nitrogens with zero attached hydrogens (tertiary/aromatic N) is 2. The SMILES string of the molecule is CSc1ccc(C2c3[nH]c4ccccc4c3CCN2Cc2ccccn2)cc1. The molecule has 1 atom stereocenters. The van der Waals surface area contributed by atoms with Gasteiger partial charge in [-0.1, -0.05) is 36.4 Å². The molecule has 2 aromatic heterocycles. The molecule has 0 spiro atoms.